The van der Waals surface area contributed by atoms with Crippen molar-refractivity contribution in [1.29, 1.82) is 0 Å². The van der Waals surface area contributed by atoms with Crippen molar-refractivity contribution in [1.82, 2.24) is 9.55 Å². The first-order valence-electron chi connectivity index (χ1n) is 15.2. The van der Waals surface area contributed by atoms with Gasteiger partial charge in [-0.1, -0.05) is 135 Å². The van der Waals surface area contributed by atoms with E-state index in [1.807, 2.05) is 12.1 Å². The molecule has 0 aliphatic carbocycles. The van der Waals surface area contributed by atoms with E-state index < -0.39 is 0 Å². The van der Waals surface area contributed by atoms with Gasteiger partial charge in [0.2, 0.25) is 0 Å². The lowest BCUT2D eigenvalue weighted by Crippen LogP contribution is -1.96. The van der Waals surface area contributed by atoms with Crippen LogP contribution in [-0.2, 0) is 6.54 Å². The number of pyridine rings is 1. The topological polar surface area (TPSA) is 17.8 Å². The minimum atomic E-state index is 0.979. The van der Waals surface area contributed by atoms with Crippen molar-refractivity contribution in [3.8, 4) is 33.6 Å². The van der Waals surface area contributed by atoms with Crippen LogP contribution < -0.4 is 0 Å². The summed E-state index contributed by atoms with van der Waals surface area (Å²) in [6, 6.07) is 49.7. The largest absolute Gasteiger partial charge is 0.340 e. The van der Waals surface area contributed by atoms with Gasteiger partial charge in [-0.3, -0.25) is 0 Å². The van der Waals surface area contributed by atoms with E-state index in [2.05, 4.69) is 151 Å². The number of unbranched alkanes of at least 4 members (excludes halogenated alkanes) is 1. The molecule has 0 aliphatic heterocycles. The van der Waals surface area contributed by atoms with Gasteiger partial charge >= 0.3 is 0 Å². The van der Waals surface area contributed by atoms with Gasteiger partial charge in [0.15, 0.2) is 0 Å². The van der Waals surface area contributed by atoms with E-state index in [-0.39, 0.29) is 0 Å². The summed E-state index contributed by atoms with van der Waals surface area (Å²) >= 11 is 0. The number of benzene rings is 5. The van der Waals surface area contributed by atoms with Crippen LogP contribution in [0.3, 0.4) is 0 Å². The standard InChI is InChI=1S/C41H34N2/c1-2-3-26-43-40-17-11-10-16-36(40)37-27-31(22-25-41(37)43)19-18-30-20-23-32(24-21-30)35-28-38(33-12-6-4-7-13-33)42-39(29-35)34-14-8-5-9-15-34/h4-25,27-29H,2-3,26H2,1H3/b19-18+. The number of fused-ring (bicyclic) bond motifs is 3. The molecule has 0 amide bonds. The molecule has 0 radical (unpaired) electrons. The highest BCUT2D eigenvalue weighted by Crippen LogP contribution is 2.32. The lowest BCUT2D eigenvalue weighted by atomic mass is 9.99. The summed E-state index contributed by atoms with van der Waals surface area (Å²) in [6.45, 7) is 3.31. The summed E-state index contributed by atoms with van der Waals surface area (Å²) in [5.41, 5.74) is 11.6. The number of hydrogen-bond acceptors (Lipinski definition) is 1. The van der Waals surface area contributed by atoms with Crippen LogP contribution in [0.1, 0.15) is 30.9 Å². The Kier molecular flexibility index (Phi) is 7.41. The SMILES string of the molecule is CCCCn1c2ccccc2c2cc(/C=C/c3ccc(-c4cc(-c5ccccc5)nc(-c5ccccc5)c4)cc3)ccc21. The van der Waals surface area contributed by atoms with Gasteiger partial charge < -0.3 is 4.57 Å². The maximum Gasteiger partial charge on any atom is 0.0715 e. The number of para-hydroxylation sites is 1. The molecular weight excluding hydrogens is 520 g/mol. The highest BCUT2D eigenvalue weighted by atomic mass is 15.0. The maximum atomic E-state index is 5.02. The average Bonchev–Trinajstić information content (AvgIpc) is 3.40. The molecule has 0 spiro atoms. The Bertz CT molecular complexity index is 1970. The number of aryl methyl sites for hydroxylation is 1. The summed E-state index contributed by atoms with van der Waals surface area (Å²) in [6.07, 6.45) is 6.81. The molecule has 7 aromatic rings. The fourth-order valence-corrected chi connectivity index (χ4v) is 5.92. The molecule has 0 aliphatic rings. The molecule has 0 saturated carbocycles. The number of rotatable bonds is 8. The maximum absolute atomic E-state index is 5.02. The molecule has 0 fully saturated rings. The van der Waals surface area contributed by atoms with Gasteiger partial charge in [-0.15, -0.1) is 0 Å². The van der Waals surface area contributed by atoms with Crippen molar-refractivity contribution < 1.29 is 0 Å². The van der Waals surface area contributed by atoms with E-state index in [4.69, 9.17) is 4.98 Å². The smallest absolute Gasteiger partial charge is 0.0715 e. The van der Waals surface area contributed by atoms with E-state index in [0.717, 1.165) is 34.6 Å². The summed E-state index contributed by atoms with van der Waals surface area (Å²) in [4.78, 5) is 5.02. The van der Waals surface area contributed by atoms with Crippen molar-refractivity contribution in [3.63, 3.8) is 0 Å². The van der Waals surface area contributed by atoms with Gasteiger partial charge in [0.1, 0.15) is 0 Å². The number of aromatic nitrogens is 2. The molecule has 2 heteroatoms. The van der Waals surface area contributed by atoms with Gasteiger partial charge in [-0.25, -0.2) is 4.98 Å². The van der Waals surface area contributed by atoms with Crippen LogP contribution in [0.25, 0.3) is 67.6 Å². The molecule has 0 bridgehead atoms. The second-order valence-electron chi connectivity index (χ2n) is 11.1. The molecule has 2 heterocycles. The third-order valence-electron chi connectivity index (χ3n) is 8.21. The third-order valence-corrected chi connectivity index (χ3v) is 8.21. The highest BCUT2D eigenvalue weighted by Gasteiger charge is 2.11. The molecule has 7 rings (SSSR count). The Morgan fingerprint density at radius 1 is 0.512 bits per heavy atom. The molecule has 43 heavy (non-hydrogen) atoms. The Morgan fingerprint density at radius 3 is 1.77 bits per heavy atom. The van der Waals surface area contributed by atoms with Gasteiger partial charge in [-0.2, -0.15) is 0 Å². The zero-order valence-corrected chi connectivity index (χ0v) is 24.4. The van der Waals surface area contributed by atoms with Gasteiger partial charge in [-0.05, 0) is 59.0 Å². The summed E-state index contributed by atoms with van der Waals surface area (Å²) < 4.78 is 2.48. The number of nitrogens with zero attached hydrogens (tertiary/aromatic N) is 2. The molecule has 208 valence electrons. The number of hydrogen-bond donors (Lipinski definition) is 0. The van der Waals surface area contributed by atoms with E-state index in [0.29, 0.717) is 0 Å². The van der Waals surface area contributed by atoms with Crippen molar-refractivity contribution in [2.24, 2.45) is 0 Å². The van der Waals surface area contributed by atoms with Crippen LogP contribution in [-0.4, -0.2) is 9.55 Å². The van der Waals surface area contributed by atoms with Gasteiger partial charge in [0.25, 0.3) is 0 Å². The highest BCUT2D eigenvalue weighted by molar-refractivity contribution is 6.08. The van der Waals surface area contributed by atoms with Crippen molar-refractivity contribution in [2.45, 2.75) is 26.3 Å². The van der Waals surface area contributed by atoms with Crippen LogP contribution in [0.15, 0.2) is 140 Å². The summed E-state index contributed by atoms with van der Waals surface area (Å²) in [7, 11) is 0. The minimum Gasteiger partial charge on any atom is -0.340 e. The quantitative estimate of drug-likeness (QED) is 0.171. The first kappa shape index (κ1) is 26.7. The molecule has 0 saturated heterocycles. The van der Waals surface area contributed by atoms with Crippen LogP contribution in [0.2, 0.25) is 0 Å². The summed E-state index contributed by atoms with van der Waals surface area (Å²) in [5.74, 6) is 0. The van der Waals surface area contributed by atoms with E-state index in [1.54, 1.807) is 0 Å². The monoisotopic (exact) mass is 554 g/mol. The normalized spacial score (nSPS) is 11.6. The first-order valence-corrected chi connectivity index (χ1v) is 15.2. The second kappa shape index (κ2) is 12.0. The Morgan fingerprint density at radius 2 is 1.09 bits per heavy atom. The van der Waals surface area contributed by atoms with E-state index >= 15 is 0 Å². The third kappa shape index (κ3) is 5.52. The molecule has 0 unspecified atom stereocenters. The lowest BCUT2D eigenvalue weighted by molar-refractivity contribution is 0.665. The summed E-state index contributed by atoms with van der Waals surface area (Å²) in [5, 5.41) is 2.65. The fraction of sp³-hybridized carbons (Fsp3) is 0.0976. The van der Waals surface area contributed by atoms with E-state index in [9.17, 15) is 0 Å². The Hall–Kier alpha value is -5.21. The van der Waals surface area contributed by atoms with E-state index in [1.165, 1.54) is 51.3 Å². The fourth-order valence-electron chi connectivity index (χ4n) is 5.92. The van der Waals surface area contributed by atoms with Gasteiger partial charge in [0.05, 0.1) is 11.4 Å². The minimum absolute atomic E-state index is 0.979. The predicted molar refractivity (Wildman–Crippen MR) is 184 cm³/mol. The van der Waals surface area contributed by atoms with Gasteiger partial charge in [0, 0.05) is 39.5 Å². The first-order chi connectivity index (χ1) is 21.3. The zero-order valence-electron chi connectivity index (χ0n) is 24.4. The Balaban J connectivity index is 1.19. The van der Waals surface area contributed by atoms with Crippen molar-refractivity contribution >= 4 is 34.0 Å². The van der Waals surface area contributed by atoms with Crippen molar-refractivity contribution in [2.75, 3.05) is 0 Å². The van der Waals surface area contributed by atoms with Crippen molar-refractivity contribution in [3.05, 3.63) is 151 Å². The molecule has 2 aromatic heterocycles. The Labute approximate surface area is 253 Å². The van der Waals surface area contributed by atoms with Crippen LogP contribution in [0.5, 0.6) is 0 Å². The van der Waals surface area contributed by atoms with Crippen LogP contribution in [0.4, 0.5) is 0 Å². The molecule has 5 aromatic carbocycles. The molecule has 0 N–H and O–H groups in total. The van der Waals surface area contributed by atoms with Crippen LogP contribution >= 0.6 is 0 Å². The average molecular weight is 555 g/mol. The molecule has 2 nitrogen and oxygen atoms in total. The van der Waals surface area contributed by atoms with Crippen LogP contribution in [0, 0.1) is 0 Å². The zero-order chi connectivity index (χ0) is 29.0. The predicted octanol–water partition coefficient (Wildman–Crippen LogP) is 11.2. The molecular formula is C41H34N2. The lowest BCUT2D eigenvalue weighted by Gasteiger charge is -2.10. The second-order valence-corrected chi connectivity index (χ2v) is 11.1. The molecule has 0 atom stereocenters.